The van der Waals surface area contributed by atoms with Crippen LogP contribution >= 0.6 is 0 Å². The molecular weight excluding hydrogens is 231 g/mol. The summed E-state index contributed by atoms with van der Waals surface area (Å²) in [7, 11) is 0. The third-order valence-electron chi connectivity index (χ3n) is 3.43. The predicted molar refractivity (Wildman–Crippen MR) is 69.2 cm³/mol. The van der Waals surface area contributed by atoms with Gasteiger partial charge in [-0.2, -0.15) is 0 Å². The van der Waals surface area contributed by atoms with Crippen LogP contribution in [0.15, 0.2) is 18.2 Å². The van der Waals surface area contributed by atoms with Crippen molar-refractivity contribution in [3.8, 4) is 0 Å². The molecule has 0 spiro atoms. The highest BCUT2D eigenvalue weighted by molar-refractivity contribution is 5.78. The molecule has 1 unspecified atom stereocenters. The van der Waals surface area contributed by atoms with Crippen LogP contribution in [0.3, 0.4) is 0 Å². The van der Waals surface area contributed by atoms with E-state index in [4.69, 9.17) is 5.73 Å². The maximum Gasteiger partial charge on any atom is 0.223 e. The minimum atomic E-state index is -0.332. The van der Waals surface area contributed by atoms with Crippen molar-refractivity contribution in [2.45, 2.75) is 32.7 Å². The van der Waals surface area contributed by atoms with Gasteiger partial charge in [0.25, 0.3) is 0 Å². The molecule has 1 heterocycles. The Morgan fingerprint density at radius 3 is 2.94 bits per heavy atom. The molecule has 1 saturated heterocycles. The number of benzene rings is 1. The van der Waals surface area contributed by atoms with Gasteiger partial charge in [-0.05, 0) is 24.5 Å². The van der Waals surface area contributed by atoms with Crippen LogP contribution in [0.5, 0.6) is 0 Å². The molecule has 0 radical (unpaired) electrons. The molecule has 0 aromatic heterocycles. The van der Waals surface area contributed by atoms with Gasteiger partial charge in [0, 0.05) is 30.8 Å². The molecule has 0 aliphatic carbocycles. The van der Waals surface area contributed by atoms with Gasteiger partial charge in [-0.3, -0.25) is 4.79 Å². The lowest BCUT2D eigenvalue weighted by molar-refractivity contribution is -0.128. The maximum absolute atomic E-state index is 13.7. The first-order valence-electron chi connectivity index (χ1n) is 6.41. The summed E-state index contributed by atoms with van der Waals surface area (Å²) in [5.41, 5.74) is 6.45. The Hall–Kier alpha value is -1.58. The second kappa shape index (κ2) is 5.38. The third kappa shape index (κ3) is 2.81. The second-order valence-corrected chi connectivity index (χ2v) is 4.98. The number of likely N-dealkylation sites (tertiary alicyclic amines) is 1. The Morgan fingerprint density at radius 1 is 1.50 bits per heavy atom. The second-order valence-electron chi connectivity index (χ2n) is 4.98. The fourth-order valence-electron chi connectivity index (χ4n) is 2.51. The molecule has 98 valence electrons. The van der Waals surface area contributed by atoms with Crippen LogP contribution < -0.4 is 5.73 Å². The first-order chi connectivity index (χ1) is 8.60. The van der Waals surface area contributed by atoms with Gasteiger partial charge in [-0.25, -0.2) is 4.39 Å². The highest BCUT2D eigenvalue weighted by Gasteiger charge is 2.29. The van der Waals surface area contributed by atoms with Gasteiger partial charge in [0.1, 0.15) is 5.82 Å². The molecule has 0 saturated carbocycles. The summed E-state index contributed by atoms with van der Waals surface area (Å²) >= 11 is 0. The molecule has 1 aliphatic rings. The zero-order valence-electron chi connectivity index (χ0n) is 10.7. The van der Waals surface area contributed by atoms with Gasteiger partial charge in [0.2, 0.25) is 5.91 Å². The summed E-state index contributed by atoms with van der Waals surface area (Å²) in [5, 5.41) is 0. The van der Waals surface area contributed by atoms with E-state index in [1.807, 2.05) is 0 Å². The normalized spacial score (nSPS) is 19.6. The number of carbonyl (C=O) groups is 1. The van der Waals surface area contributed by atoms with Crippen molar-refractivity contribution in [2.24, 2.45) is 5.92 Å². The zero-order chi connectivity index (χ0) is 13.1. The Morgan fingerprint density at radius 2 is 2.28 bits per heavy atom. The number of halogens is 1. The summed E-state index contributed by atoms with van der Waals surface area (Å²) < 4.78 is 13.7. The van der Waals surface area contributed by atoms with Crippen LogP contribution in [0.25, 0.3) is 0 Å². The number of nitrogen functional groups attached to an aromatic ring is 1. The third-order valence-corrected chi connectivity index (χ3v) is 3.43. The molecule has 2 N–H and O–H groups in total. The molecule has 1 aromatic carbocycles. The number of hydrogen-bond donors (Lipinski definition) is 1. The van der Waals surface area contributed by atoms with E-state index in [0.717, 1.165) is 19.4 Å². The van der Waals surface area contributed by atoms with Gasteiger partial charge in [-0.1, -0.05) is 19.4 Å². The number of anilines is 1. The Kier molecular flexibility index (Phi) is 3.84. The molecule has 1 atom stereocenters. The molecule has 1 aromatic rings. The first kappa shape index (κ1) is 12.9. The fourth-order valence-corrected chi connectivity index (χ4v) is 2.51. The van der Waals surface area contributed by atoms with Gasteiger partial charge in [0.05, 0.1) is 0 Å². The van der Waals surface area contributed by atoms with E-state index in [2.05, 4.69) is 6.92 Å². The molecular formula is C14H19FN2O. The minimum absolute atomic E-state index is 0.129. The van der Waals surface area contributed by atoms with Gasteiger partial charge < -0.3 is 10.6 Å². The van der Waals surface area contributed by atoms with E-state index in [1.54, 1.807) is 17.0 Å². The molecule has 1 fully saturated rings. The number of hydrogen-bond acceptors (Lipinski definition) is 2. The van der Waals surface area contributed by atoms with E-state index in [1.165, 1.54) is 6.07 Å². The van der Waals surface area contributed by atoms with Crippen LogP contribution in [0.2, 0.25) is 0 Å². The van der Waals surface area contributed by atoms with Crippen LogP contribution in [0, 0.1) is 11.7 Å². The van der Waals surface area contributed by atoms with Crippen LogP contribution in [0.1, 0.15) is 31.7 Å². The van der Waals surface area contributed by atoms with Crippen molar-refractivity contribution in [3.05, 3.63) is 29.6 Å². The SMILES string of the molecule is CCCC1CC(=O)N(Cc2ccc(N)cc2F)C1. The average Bonchev–Trinajstić information content (AvgIpc) is 2.64. The Labute approximate surface area is 107 Å². The highest BCUT2D eigenvalue weighted by atomic mass is 19.1. The summed E-state index contributed by atoms with van der Waals surface area (Å²) in [6, 6.07) is 4.63. The van der Waals surface area contributed by atoms with Crippen LogP contribution in [-0.2, 0) is 11.3 Å². The smallest absolute Gasteiger partial charge is 0.223 e. The summed E-state index contributed by atoms with van der Waals surface area (Å²) in [5.74, 6) is 0.228. The summed E-state index contributed by atoms with van der Waals surface area (Å²) in [4.78, 5) is 13.6. The molecule has 2 rings (SSSR count). The van der Waals surface area contributed by atoms with Crippen molar-refractivity contribution in [2.75, 3.05) is 12.3 Å². The van der Waals surface area contributed by atoms with Gasteiger partial charge in [-0.15, -0.1) is 0 Å². The highest BCUT2D eigenvalue weighted by Crippen LogP contribution is 2.24. The van der Waals surface area contributed by atoms with E-state index < -0.39 is 0 Å². The van der Waals surface area contributed by atoms with Gasteiger partial charge in [0.15, 0.2) is 0 Å². The number of rotatable bonds is 4. The first-order valence-corrected chi connectivity index (χ1v) is 6.41. The van der Waals surface area contributed by atoms with E-state index in [-0.39, 0.29) is 11.7 Å². The van der Waals surface area contributed by atoms with Gasteiger partial charge >= 0.3 is 0 Å². The van der Waals surface area contributed by atoms with Crippen molar-refractivity contribution in [1.29, 1.82) is 0 Å². The van der Waals surface area contributed by atoms with E-state index in [9.17, 15) is 9.18 Å². The molecule has 1 amide bonds. The quantitative estimate of drug-likeness (QED) is 0.835. The van der Waals surface area contributed by atoms with Crippen molar-refractivity contribution in [1.82, 2.24) is 4.90 Å². The topological polar surface area (TPSA) is 46.3 Å². The van der Waals surface area contributed by atoms with Crippen LogP contribution in [0.4, 0.5) is 10.1 Å². The monoisotopic (exact) mass is 250 g/mol. The number of amides is 1. The van der Waals surface area contributed by atoms with E-state index >= 15 is 0 Å². The van der Waals surface area contributed by atoms with E-state index in [0.29, 0.717) is 30.1 Å². The lowest BCUT2D eigenvalue weighted by Crippen LogP contribution is -2.25. The standard InChI is InChI=1S/C14H19FN2O/c1-2-3-10-6-14(18)17(8-10)9-11-4-5-12(16)7-13(11)15/h4-5,7,10H,2-3,6,8-9,16H2,1H3. The maximum atomic E-state index is 13.7. The fraction of sp³-hybridized carbons (Fsp3) is 0.500. The molecule has 0 bridgehead atoms. The molecule has 1 aliphatic heterocycles. The summed E-state index contributed by atoms with van der Waals surface area (Å²) in [6.45, 7) is 3.22. The Balaban J connectivity index is 2.03. The number of carbonyl (C=O) groups excluding carboxylic acids is 1. The zero-order valence-corrected chi connectivity index (χ0v) is 10.7. The molecule has 3 nitrogen and oxygen atoms in total. The molecule has 18 heavy (non-hydrogen) atoms. The predicted octanol–water partition coefficient (Wildman–Crippen LogP) is 2.56. The number of nitrogens with zero attached hydrogens (tertiary/aromatic N) is 1. The van der Waals surface area contributed by atoms with Crippen molar-refractivity contribution < 1.29 is 9.18 Å². The average molecular weight is 250 g/mol. The lowest BCUT2D eigenvalue weighted by atomic mass is 10.0. The molecule has 4 heteroatoms. The van der Waals surface area contributed by atoms with Crippen molar-refractivity contribution >= 4 is 11.6 Å². The minimum Gasteiger partial charge on any atom is -0.399 e. The number of nitrogens with two attached hydrogens (primary N) is 1. The summed E-state index contributed by atoms with van der Waals surface area (Å²) in [6.07, 6.45) is 2.75. The van der Waals surface area contributed by atoms with Crippen molar-refractivity contribution in [3.63, 3.8) is 0 Å². The lowest BCUT2D eigenvalue weighted by Gasteiger charge is -2.17. The largest absolute Gasteiger partial charge is 0.399 e. The van der Waals surface area contributed by atoms with Crippen LogP contribution in [-0.4, -0.2) is 17.4 Å². The Bertz CT molecular complexity index is 447.